The SMILES string of the molecule is CC1CSCCN1C(=O)Cn1cnc(N)n1. The van der Waals surface area contributed by atoms with Gasteiger partial charge < -0.3 is 10.6 Å². The van der Waals surface area contributed by atoms with Gasteiger partial charge in [-0.2, -0.15) is 11.8 Å². The Morgan fingerprint density at radius 1 is 1.75 bits per heavy atom. The minimum Gasteiger partial charge on any atom is -0.367 e. The zero-order chi connectivity index (χ0) is 11.5. The van der Waals surface area contributed by atoms with Gasteiger partial charge in [-0.1, -0.05) is 0 Å². The lowest BCUT2D eigenvalue weighted by Gasteiger charge is -2.32. The Kier molecular flexibility index (Phi) is 3.33. The number of nitrogens with zero attached hydrogens (tertiary/aromatic N) is 4. The fourth-order valence-corrected chi connectivity index (χ4v) is 2.73. The predicted octanol–water partition coefficient (Wildman–Crippen LogP) is -0.176. The minimum atomic E-state index is 0.0812. The Hall–Kier alpha value is -1.24. The smallest absolute Gasteiger partial charge is 0.244 e. The highest BCUT2D eigenvalue weighted by Crippen LogP contribution is 2.16. The van der Waals surface area contributed by atoms with Crippen LogP contribution in [0.25, 0.3) is 0 Å². The Balaban J connectivity index is 1.96. The molecule has 0 radical (unpaired) electrons. The number of carbonyl (C=O) groups excluding carboxylic acids is 1. The van der Waals surface area contributed by atoms with Crippen molar-refractivity contribution in [3.8, 4) is 0 Å². The van der Waals surface area contributed by atoms with E-state index < -0.39 is 0 Å². The van der Waals surface area contributed by atoms with Crippen molar-refractivity contribution in [1.82, 2.24) is 19.7 Å². The van der Waals surface area contributed by atoms with E-state index in [9.17, 15) is 4.79 Å². The average molecular weight is 241 g/mol. The first-order valence-corrected chi connectivity index (χ1v) is 6.34. The fourth-order valence-electron chi connectivity index (χ4n) is 1.71. The van der Waals surface area contributed by atoms with Crippen LogP contribution in [0.15, 0.2) is 6.33 Å². The molecule has 0 aliphatic carbocycles. The third-order valence-electron chi connectivity index (χ3n) is 2.54. The number of thioether (sulfide) groups is 1. The van der Waals surface area contributed by atoms with Crippen molar-refractivity contribution in [1.29, 1.82) is 0 Å². The molecule has 1 amide bonds. The lowest BCUT2D eigenvalue weighted by Crippen LogP contribution is -2.45. The van der Waals surface area contributed by atoms with Gasteiger partial charge in [0.25, 0.3) is 0 Å². The topological polar surface area (TPSA) is 77.0 Å². The second-order valence-corrected chi connectivity index (χ2v) is 4.96. The number of carbonyl (C=O) groups is 1. The molecule has 2 rings (SSSR count). The Bertz CT molecular complexity index is 380. The van der Waals surface area contributed by atoms with E-state index in [4.69, 9.17) is 5.73 Å². The monoisotopic (exact) mass is 241 g/mol. The zero-order valence-corrected chi connectivity index (χ0v) is 9.98. The van der Waals surface area contributed by atoms with Gasteiger partial charge in [0.2, 0.25) is 11.9 Å². The van der Waals surface area contributed by atoms with E-state index in [0.717, 1.165) is 18.1 Å². The van der Waals surface area contributed by atoms with Crippen LogP contribution in [0.3, 0.4) is 0 Å². The fraction of sp³-hybridized carbons (Fsp3) is 0.667. The number of hydrogen-bond acceptors (Lipinski definition) is 5. The molecule has 0 saturated carbocycles. The molecule has 1 fully saturated rings. The summed E-state index contributed by atoms with van der Waals surface area (Å²) < 4.78 is 1.48. The molecular formula is C9H15N5OS. The number of hydrogen-bond donors (Lipinski definition) is 1. The highest BCUT2D eigenvalue weighted by atomic mass is 32.2. The molecule has 1 atom stereocenters. The number of anilines is 1. The molecule has 1 aromatic rings. The number of nitrogen functional groups attached to an aromatic ring is 1. The molecule has 1 aliphatic rings. The Morgan fingerprint density at radius 3 is 3.19 bits per heavy atom. The van der Waals surface area contributed by atoms with Gasteiger partial charge in [-0.05, 0) is 6.92 Å². The van der Waals surface area contributed by atoms with Gasteiger partial charge in [-0.15, -0.1) is 5.10 Å². The van der Waals surface area contributed by atoms with Gasteiger partial charge in [-0.25, -0.2) is 9.67 Å². The van der Waals surface area contributed by atoms with Crippen LogP contribution in [-0.2, 0) is 11.3 Å². The molecule has 1 saturated heterocycles. The first kappa shape index (κ1) is 11.3. The van der Waals surface area contributed by atoms with Gasteiger partial charge in [-0.3, -0.25) is 4.79 Å². The van der Waals surface area contributed by atoms with Crippen LogP contribution in [0.1, 0.15) is 6.92 Å². The molecule has 0 spiro atoms. The predicted molar refractivity (Wildman–Crippen MR) is 62.9 cm³/mol. The molecule has 2 N–H and O–H groups in total. The van der Waals surface area contributed by atoms with E-state index in [2.05, 4.69) is 17.0 Å². The molecule has 1 aliphatic heterocycles. The van der Waals surface area contributed by atoms with Gasteiger partial charge in [0.1, 0.15) is 12.9 Å². The molecule has 88 valence electrons. The lowest BCUT2D eigenvalue weighted by atomic mass is 10.3. The van der Waals surface area contributed by atoms with E-state index in [1.54, 1.807) is 0 Å². The van der Waals surface area contributed by atoms with Gasteiger partial charge >= 0.3 is 0 Å². The zero-order valence-electron chi connectivity index (χ0n) is 9.17. The summed E-state index contributed by atoms with van der Waals surface area (Å²) in [5.41, 5.74) is 5.39. The largest absolute Gasteiger partial charge is 0.367 e. The first-order chi connectivity index (χ1) is 7.66. The summed E-state index contributed by atoms with van der Waals surface area (Å²) in [6.07, 6.45) is 1.48. The Labute approximate surface area is 98.2 Å². The minimum absolute atomic E-state index is 0.0812. The molecular weight excluding hydrogens is 226 g/mol. The summed E-state index contributed by atoms with van der Waals surface area (Å²) >= 11 is 1.89. The van der Waals surface area contributed by atoms with Crippen molar-refractivity contribution in [2.24, 2.45) is 0 Å². The number of aromatic nitrogens is 3. The van der Waals surface area contributed by atoms with E-state index >= 15 is 0 Å². The van der Waals surface area contributed by atoms with Crippen molar-refractivity contribution < 1.29 is 4.79 Å². The van der Waals surface area contributed by atoms with Crippen LogP contribution < -0.4 is 5.73 Å². The molecule has 0 bridgehead atoms. The van der Waals surface area contributed by atoms with Gasteiger partial charge in [0.05, 0.1) is 0 Å². The van der Waals surface area contributed by atoms with E-state index in [1.165, 1.54) is 11.0 Å². The van der Waals surface area contributed by atoms with Crippen molar-refractivity contribution in [2.75, 3.05) is 23.8 Å². The highest BCUT2D eigenvalue weighted by Gasteiger charge is 2.23. The molecule has 2 heterocycles. The molecule has 6 nitrogen and oxygen atoms in total. The van der Waals surface area contributed by atoms with Gasteiger partial charge in [0.15, 0.2) is 0 Å². The Morgan fingerprint density at radius 2 is 2.56 bits per heavy atom. The van der Waals surface area contributed by atoms with Crippen LogP contribution in [0, 0.1) is 0 Å². The maximum atomic E-state index is 12.0. The van der Waals surface area contributed by atoms with E-state index in [-0.39, 0.29) is 18.4 Å². The van der Waals surface area contributed by atoms with Crippen molar-refractivity contribution in [3.63, 3.8) is 0 Å². The number of nitrogens with two attached hydrogens (primary N) is 1. The van der Waals surface area contributed by atoms with Crippen molar-refractivity contribution >= 4 is 23.6 Å². The normalized spacial score (nSPS) is 21.1. The maximum Gasteiger partial charge on any atom is 0.244 e. The second-order valence-electron chi connectivity index (χ2n) is 3.81. The van der Waals surface area contributed by atoms with Crippen LogP contribution in [-0.4, -0.2) is 49.7 Å². The standard InChI is InChI=1S/C9H15N5OS/c1-7-5-16-3-2-14(7)8(15)4-13-6-11-9(10)12-13/h6-7H,2-5H2,1H3,(H2,10,12). The third-order valence-corrected chi connectivity index (χ3v) is 3.73. The number of amides is 1. The maximum absolute atomic E-state index is 12.0. The van der Waals surface area contributed by atoms with Crippen LogP contribution >= 0.6 is 11.8 Å². The second kappa shape index (κ2) is 4.73. The third kappa shape index (κ3) is 2.46. The summed E-state index contributed by atoms with van der Waals surface area (Å²) in [6.45, 7) is 3.10. The summed E-state index contributed by atoms with van der Waals surface area (Å²) in [5.74, 6) is 2.30. The average Bonchev–Trinajstić information content (AvgIpc) is 2.64. The van der Waals surface area contributed by atoms with Crippen molar-refractivity contribution in [2.45, 2.75) is 19.5 Å². The van der Waals surface area contributed by atoms with Crippen LogP contribution in [0.5, 0.6) is 0 Å². The summed E-state index contributed by atoms with van der Waals surface area (Å²) in [7, 11) is 0. The molecule has 7 heteroatoms. The van der Waals surface area contributed by atoms with Gasteiger partial charge in [0, 0.05) is 24.1 Å². The van der Waals surface area contributed by atoms with E-state index in [1.807, 2.05) is 16.7 Å². The van der Waals surface area contributed by atoms with Crippen molar-refractivity contribution in [3.05, 3.63) is 6.33 Å². The summed E-state index contributed by atoms with van der Waals surface area (Å²) in [5, 5.41) is 3.90. The molecule has 1 aromatic heterocycles. The van der Waals surface area contributed by atoms with E-state index in [0.29, 0.717) is 6.04 Å². The lowest BCUT2D eigenvalue weighted by molar-refractivity contribution is -0.133. The summed E-state index contributed by atoms with van der Waals surface area (Å²) in [6, 6.07) is 0.298. The molecule has 16 heavy (non-hydrogen) atoms. The molecule has 1 unspecified atom stereocenters. The first-order valence-electron chi connectivity index (χ1n) is 5.19. The van der Waals surface area contributed by atoms with Crippen LogP contribution in [0.4, 0.5) is 5.95 Å². The quantitative estimate of drug-likeness (QED) is 0.777. The summed E-state index contributed by atoms with van der Waals surface area (Å²) in [4.78, 5) is 17.7. The molecule has 0 aromatic carbocycles. The highest BCUT2D eigenvalue weighted by molar-refractivity contribution is 7.99. The number of rotatable bonds is 2. The van der Waals surface area contributed by atoms with Crippen LogP contribution in [0.2, 0.25) is 0 Å².